The summed E-state index contributed by atoms with van der Waals surface area (Å²) in [6.07, 6.45) is 1.88. The Kier molecular flexibility index (Phi) is 5.27. The Hall–Kier alpha value is -2.97. The van der Waals surface area contributed by atoms with Crippen molar-refractivity contribution in [2.24, 2.45) is 0 Å². The maximum atomic E-state index is 12.2. The summed E-state index contributed by atoms with van der Waals surface area (Å²) in [5, 5.41) is 11.1. The minimum atomic E-state index is -0.284. The number of nitrogens with zero attached hydrogens (tertiary/aromatic N) is 3. The van der Waals surface area contributed by atoms with E-state index >= 15 is 0 Å². The van der Waals surface area contributed by atoms with Gasteiger partial charge in [0.1, 0.15) is 11.5 Å². The molecule has 0 amide bonds. The van der Waals surface area contributed by atoms with Gasteiger partial charge >= 0.3 is 0 Å². The van der Waals surface area contributed by atoms with E-state index in [1.807, 2.05) is 12.1 Å². The highest BCUT2D eigenvalue weighted by Gasteiger charge is 2.11. The smallest absolute Gasteiger partial charge is 0.274 e. The molecule has 1 aliphatic rings. The van der Waals surface area contributed by atoms with Crippen molar-refractivity contribution in [3.05, 3.63) is 70.0 Å². The largest absolute Gasteiger partial charge is 0.469 e. The van der Waals surface area contributed by atoms with Gasteiger partial charge in [-0.15, -0.1) is 10.2 Å². The summed E-state index contributed by atoms with van der Waals surface area (Å²) in [6, 6.07) is 11.6. The summed E-state index contributed by atoms with van der Waals surface area (Å²) in [5.74, 6) is 0.982. The van der Waals surface area contributed by atoms with Crippen LogP contribution in [0, 0.1) is 0 Å². The number of hydrogen-bond acceptors (Lipinski definition) is 7. The van der Waals surface area contributed by atoms with Crippen LogP contribution in [0.1, 0.15) is 17.0 Å². The van der Waals surface area contributed by atoms with Crippen molar-refractivity contribution in [3.8, 4) is 0 Å². The van der Waals surface area contributed by atoms with Crippen molar-refractivity contribution in [2.45, 2.75) is 13.0 Å². The molecule has 0 radical (unpaired) electrons. The fourth-order valence-corrected chi connectivity index (χ4v) is 2.96. The summed E-state index contributed by atoms with van der Waals surface area (Å²) >= 11 is 0. The molecule has 0 atom stereocenters. The van der Waals surface area contributed by atoms with Gasteiger partial charge in [-0.2, -0.15) is 0 Å². The molecule has 8 nitrogen and oxygen atoms in total. The second kappa shape index (κ2) is 8.15. The van der Waals surface area contributed by atoms with Crippen LogP contribution in [0.4, 0.5) is 11.6 Å². The molecule has 1 aromatic carbocycles. The number of morpholine rings is 1. The molecule has 8 heteroatoms. The molecule has 0 unspecified atom stereocenters. The highest BCUT2D eigenvalue weighted by Crippen LogP contribution is 2.15. The van der Waals surface area contributed by atoms with E-state index in [0.29, 0.717) is 23.8 Å². The molecular weight excluding hydrogens is 346 g/mol. The number of H-pyrrole nitrogens is 1. The fourth-order valence-electron chi connectivity index (χ4n) is 2.96. The van der Waals surface area contributed by atoms with E-state index in [1.54, 1.807) is 18.4 Å². The van der Waals surface area contributed by atoms with Gasteiger partial charge in [0.25, 0.3) is 5.56 Å². The van der Waals surface area contributed by atoms with Crippen LogP contribution in [0.25, 0.3) is 0 Å². The summed E-state index contributed by atoms with van der Waals surface area (Å²) in [5.41, 5.74) is 2.10. The molecule has 4 rings (SSSR count). The van der Waals surface area contributed by atoms with E-state index in [9.17, 15) is 4.79 Å². The Bertz CT molecular complexity index is 915. The van der Waals surface area contributed by atoms with E-state index in [0.717, 1.165) is 38.5 Å². The maximum Gasteiger partial charge on any atom is 0.274 e. The molecule has 3 heterocycles. The van der Waals surface area contributed by atoms with Gasteiger partial charge in [-0.25, -0.2) is 0 Å². The molecule has 1 aliphatic heterocycles. The first-order chi connectivity index (χ1) is 13.3. The minimum Gasteiger partial charge on any atom is -0.469 e. The molecule has 3 aromatic rings. The Balaban J connectivity index is 1.38. The third-order valence-corrected chi connectivity index (χ3v) is 4.41. The minimum absolute atomic E-state index is 0.284. The lowest BCUT2D eigenvalue weighted by Gasteiger charge is -2.26. The number of aromatic nitrogens is 3. The zero-order valence-electron chi connectivity index (χ0n) is 14.9. The Labute approximate surface area is 156 Å². The van der Waals surface area contributed by atoms with Gasteiger partial charge in [0, 0.05) is 25.3 Å². The van der Waals surface area contributed by atoms with Crippen LogP contribution >= 0.6 is 0 Å². The monoisotopic (exact) mass is 367 g/mol. The van der Waals surface area contributed by atoms with Gasteiger partial charge in [-0.3, -0.25) is 14.7 Å². The van der Waals surface area contributed by atoms with E-state index in [1.165, 1.54) is 5.56 Å². The fraction of sp³-hybridized carbons (Fsp3) is 0.316. The standard InChI is InChI=1S/C19H21N5O3/c25-18-17(12-16-2-1-9-27-16)22-23-19(21-18)20-15-5-3-14(4-6-15)13-24-7-10-26-11-8-24/h1-6,9H,7-8,10-13H2,(H2,20,21,23,25). The molecule has 0 spiro atoms. The summed E-state index contributed by atoms with van der Waals surface area (Å²) in [4.78, 5) is 17.3. The van der Waals surface area contributed by atoms with Gasteiger partial charge in [0.2, 0.25) is 5.95 Å². The number of furan rings is 1. The summed E-state index contributed by atoms with van der Waals surface area (Å²) in [6.45, 7) is 4.41. The van der Waals surface area contributed by atoms with Crippen molar-refractivity contribution < 1.29 is 9.15 Å². The second-order valence-electron chi connectivity index (χ2n) is 6.42. The number of nitrogens with one attached hydrogen (secondary N) is 2. The van der Waals surface area contributed by atoms with E-state index in [2.05, 4.69) is 37.5 Å². The van der Waals surface area contributed by atoms with Crippen molar-refractivity contribution in [2.75, 3.05) is 31.6 Å². The molecule has 0 aliphatic carbocycles. The molecule has 27 heavy (non-hydrogen) atoms. The van der Waals surface area contributed by atoms with Crippen LogP contribution in [0.2, 0.25) is 0 Å². The number of benzene rings is 1. The maximum absolute atomic E-state index is 12.2. The summed E-state index contributed by atoms with van der Waals surface area (Å²) < 4.78 is 10.6. The molecule has 1 fully saturated rings. The van der Waals surface area contributed by atoms with Gasteiger partial charge in [0.15, 0.2) is 0 Å². The molecule has 0 bridgehead atoms. The Morgan fingerprint density at radius 3 is 2.63 bits per heavy atom. The zero-order valence-corrected chi connectivity index (χ0v) is 14.9. The summed E-state index contributed by atoms with van der Waals surface area (Å²) in [7, 11) is 0. The molecular formula is C19H21N5O3. The first-order valence-electron chi connectivity index (χ1n) is 8.90. The lowest BCUT2D eigenvalue weighted by Crippen LogP contribution is -2.35. The number of ether oxygens (including phenoxy) is 1. The lowest BCUT2D eigenvalue weighted by atomic mass is 10.2. The number of anilines is 2. The average molecular weight is 367 g/mol. The van der Waals surface area contributed by atoms with Crippen LogP contribution in [0.15, 0.2) is 51.9 Å². The molecule has 140 valence electrons. The van der Waals surface area contributed by atoms with Crippen LogP contribution in [-0.2, 0) is 17.7 Å². The van der Waals surface area contributed by atoms with Gasteiger partial charge in [0.05, 0.1) is 25.9 Å². The Morgan fingerprint density at radius 2 is 1.93 bits per heavy atom. The molecule has 0 saturated carbocycles. The van der Waals surface area contributed by atoms with Gasteiger partial charge < -0.3 is 14.5 Å². The highest BCUT2D eigenvalue weighted by atomic mass is 16.5. The Morgan fingerprint density at radius 1 is 1.11 bits per heavy atom. The van der Waals surface area contributed by atoms with Crippen molar-refractivity contribution in [1.29, 1.82) is 0 Å². The van der Waals surface area contributed by atoms with Crippen molar-refractivity contribution in [1.82, 2.24) is 20.1 Å². The van der Waals surface area contributed by atoms with E-state index in [-0.39, 0.29) is 5.56 Å². The van der Waals surface area contributed by atoms with Crippen LogP contribution in [0.3, 0.4) is 0 Å². The van der Waals surface area contributed by atoms with Crippen molar-refractivity contribution >= 4 is 11.6 Å². The van der Waals surface area contributed by atoms with Crippen LogP contribution in [0.5, 0.6) is 0 Å². The van der Waals surface area contributed by atoms with Crippen LogP contribution in [-0.4, -0.2) is 46.4 Å². The highest BCUT2D eigenvalue weighted by molar-refractivity contribution is 5.53. The van der Waals surface area contributed by atoms with Crippen molar-refractivity contribution in [3.63, 3.8) is 0 Å². The first kappa shape index (κ1) is 17.4. The van der Waals surface area contributed by atoms with Gasteiger partial charge in [-0.1, -0.05) is 12.1 Å². The lowest BCUT2D eigenvalue weighted by molar-refractivity contribution is 0.0342. The molecule has 2 aromatic heterocycles. The van der Waals surface area contributed by atoms with Crippen LogP contribution < -0.4 is 10.9 Å². The average Bonchev–Trinajstić information content (AvgIpc) is 3.20. The normalized spacial score (nSPS) is 15.0. The van der Waals surface area contributed by atoms with E-state index in [4.69, 9.17) is 9.15 Å². The second-order valence-corrected chi connectivity index (χ2v) is 6.42. The number of hydrogen-bond donors (Lipinski definition) is 2. The third kappa shape index (κ3) is 4.60. The number of rotatable bonds is 6. The molecule has 2 N–H and O–H groups in total. The molecule has 1 saturated heterocycles. The SMILES string of the molecule is O=c1[nH]c(Nc2ccc(CN3CCOCC3)cc2)nnc1Cc1ccco1. The van der Waals surface area contributed by atoms with Gasteiger partial charge in [-0.05, 0) is 29.8 Å². The third-order valence-electron chi connectivity index (χ3n) is 4.41. The zero-order chi connectivity index (χ0) is 18.5. The predicted molar refractivity (Wildman–Crippen MR) is 100.0 cm³/mol. The predicted octanol–water partition coefficient (Wildman–Crippen LogP) is 1.92. The topological polar surface area (TPSA) is 96.3 Å². The number of aromatic amines is 1. The quantitative estimate of drug-likeness (QED) is 0.687. The first-order valence-corrected chi connectivity index (χ1v) is 8.90. The van der Waals surface area contributed by atoms with E-state index < -0.39 is 0 Å².